The van der Waals surface area contributed by atoms with E-state index in [1.54, 1.807) is 0 Å². The molecule has 4 N–H and O–H groups in total. The molecule has 4 aromatic rings. The number of β-amino-alcohol motifs (C(OH)–C–C–N with tert-alkyl or cyclic N) is 1. The number of aromatic nitrogens is 5. The van der Waals surface area contributed by atoms with Crippen LogP contribution in [0.3, 0.4) is 0 Å². The molecule has 2 atom stereocenters. The first-order valence-corrected chi connectivity index (χ1v) is 11.7. The molecule has 9 heteroatoms. The van der Waals surface area contributed by atoms with Gasteiger partial charge in [-0.2, -0.15) is 9.61 Å². The topological polar surface area (TPSA) is 104 Å². The van der Waals surface area contributed by atoms with Crippen molar-refractivity contribution in [1.29, 1.82) is 0 Å². The number of rotatable bonds is 7. The summed E-state index contributed by atoms with van der Waals surface area (Å²) in [6, 6.07) is 6.08. The summed E-state index contributed by atoms with van der Waals surface area (Å²) >= 11 is 0. The normalized spacial score (nSPS) is 18.9. The minimum Gasteiger partial charge on any atom is -0.391 e. The minimum absolute atomic E-state index is 0.205. The van der Waals surface area contributed by atoms with Gasteiger partial charge in [0.1, 0.15) is 17.3 Å². The van der Waals surface area contributed by atoms with Gasteiger partial charge in [0.2, 0.25) is 0 Å². The molecule has 5 heterocycles. The van der Waals surface area contributed by atoms with Crippen LogP contribution in [0.5, 0.6) is 0 Å². The van der Waals surface area contributed by atoms with Gasteiger partial charge in [0.05, 0.1) is 24.5 Å². The van der Waals surface area contributed by atoms with Crippen molar-refractivity contribution < 1.29 is 5.11 Å². The highest BCUT2D eigenvalue weighted by Crippen LogP contribution is 2.25. The molecule has 0 aromatic carbocycles. The van der Waals surface area contributed by atoms with Gasteiger partial charge in [-0.15, -0.1) is 0 Å². The van der Waals surface area contributed by atoms with E-state index in [0.717, 1.165) is 47.2 Å². The van der Waals surface area contributed by atoms with Crippen LogP contribution in [0.4, 0.5) is 11.6 Å². The Bertz CT molecular complexity index is 1260. The van der Waals surface area contributed by atoms with Crippen molar-refractivity contribution in [2.75, 3.05) is 30.3 Å². The summed E-state index contributed by atoms with van der Waals surface area (Å²) in [5, 5.41) is 25.1. The fourth-order valence-corrected chi connectivity index (χ4v) is 4.40. The first kappa shape index (κ1) is 21.7. The molecular formula is C24H32N8O. The number of aliphatic hydroxyl groups is 1. The molecule has 0 radical (unpaired) electrons. The van der Waals surface area contributed by atoms with Crippen molar-refractivity contribution in [3.8, 4) is 0 Å². The number of aryl methyl sites for hydroxylation is 1. The fraction of sp³-hybridized carbons (Fsp3) is 0.458. The van der Waals surface area contributed by atoms with Crippen molar-refractivity contribution in [2.45, 2.75) is 45.8 Å². The smallest absolute Gasteiger partial charge is 0.163 e. The van der Waals surface area contributed by atoms with Gasteiger partial charge in [-0.25, -0.2) is 9.97 Å². The first-order chi connectivity index (χ1) is 16.0. The van der Waals surface area contributed by atoms with Crippen LogP contribution in [0.2, 0.25) is 0 Å². The zero-order valence-electron chi connectivity index (χ0n) is 19.4. The Hall–Kier alpha value is -3.17. The molecular weight excluding hydrogens is 416 g/mol. The van der Waals surface area contributed by atoms with Crippen LogP contribution in [0.1, 0.15) is 43.0 Å². The van der Waals surface area contributed by atoms with Crippen molar-refractivity contribution >= 4 is 22.9 Å². The van der Waals surface area contributed by atoms with Gasteiger partial charge in [0.25, 0.3) is 0 Å². The van der Waals surface area contributed by atoms with Crippen LogP contribution in [-0.2, 0) is 6.54 Å². The van der Waals surface area contributed by atoms with E-state index >= 15 is 0 Å². The predicted octanol–water partition coefficient (Wildman–Crippen LogP) is 2.80. The van der Waals surface area contributed by atoms with Gasteiger partial charge in [-0.05, 0) is 37.4 Å². The Labute approximate surface area is 193 Å². The number of nitrogens with zero attached hydrogens (tertiary/aromatic N) is 5. The maximum Gasteiger partial charge on any atom is 0.163 e. The second kappa shape index (κ2) is 8.99. The van der Waals surface area contributed by atoms with Crippen LogP contribution in [-0.4, -0.2) is 54.8 Å². The van der Waals surface area contributed by atoms with Crippen molar-refractivity contribution in [2.24, 2.45) is 5.92 Å². The van der Waals surface area contributed by atoms with Crippen LogP contribution in [0, 0.1) is 12.8 Å². The van der Waals surface area contributed by atoms with Gasteiger partial charge in [-0.1, -0.05) is 19.9 Å². The lowest BCUT2D eigenvalue weighted by molar-refractivity contribution is 0.0883. The number of anilines is 2. The van der Waals surface area contributed by atoms with E-state index in [9.17, 15) is 5.11 Å². The average Bonchev–Trinajstić information content (AvgIpc) is 3.40. The third kappa shape index (κ3) is 4.51. The Kier molecular flexibility index (Phi) is 5.90. The highest BCUT2D eigenvalue weighted by Gasteiger charge is 2.23. The summed E-state index contributed by atoms with van der Waals surface area (Å²) in [4.78, 5) is 9.57. The number of pyridine rings is 1. The van der Waals surface area contributed by atoms with E-state index in [4.69, 9.17) is 9.97 Å². The monoisotopic (exact) mass is 448 g/mol. The Morgan fingerprint density at radius 3 is 2.91 bits per heavy atom. The molecule has 174 valence electrons. The minimum atomic E-state index is -0.340. The maximum atomic E-state index is 10.3. The van der Waals surface area contributed by atoms with E-state index in [0.29, 0.717) is 25.6 Å². The number of imidazole rings is 1. The second-order valence-corrected chi connectivity index (χ2v) is 9.28. The highest BCUT2D eigenvalue weighted by atomic mass is 16.3. The molecule has 0 saturated carbocycles. The molecule has 0 aliphatic carbocycles. The molecule has 0 bridgehead atoms. The van der Waals surface area contributed by atoms with Gasteiger partial charge >= 0.3 is 0 Å². The van der Waals surface area contributed by atoms with Gasteiger partial charge < -0.3 is 25.5 Å². The lowest BCUT2D eigenvalue weighted by Crippen LogP contribution is -2.43. The largest absolute Gasteiger partial charge is 0.391 e. The van der Waals surface area contributed by atoms with E-state index < -0.39 is 0 Å². The third-order valence-corrected chi connectivity index (χ3v) is 6.36. The second-order valence-electron chi connectivity index (χ2n) is 9.28. The van der Waals surface area contributed by atoms with Gasteiger partial charge in [0.15, 0.2) is 5.65 Å². The fourth-order valence-electron chi connectivity index (χ4n) is 4.40. The summed E-state index contributed by atoms with van der Waals surface area (Å²) in [6.07, 6.45) is 6.63. The number of fused-ring (bicyclic) bond motifs is 2. The zero-order valence-corrected chi connectivity index (χ0v) is 19.4. The standard InChI is InChI=1S/C24H32N8O/c1-15(2)19-11-28-32-23(27-10-18-14-31-13-16(3)4-5-22(31)29-18)8-21(30-24(19)32)26-9-17-6-7-25-12-20(17)33/h4-5,8,11,13-15,17,20,25,27,33H,6-7,9-10,12H2,1-3H3,(H,26,30)/t17-,20+/m1/s1. The highest BCUT2D eigenvalue weighted by molar-refractivity contribution is 5.61. The van der Waals surface area contributed by atoms with Crippen molar-refractivity contribution in [3.05, 3.63) is 53.6 Å². The van der Waals surface area contributed by atoms with Gasteiger partial charge in [-0.3, -0.25) is 0 Å². The van der Waals surface area contributed by atoms with E-state index in [2.05, 4.69) is 58.5 Å². The van der Waals surface area contributed by atoms with Crippen molar-refractivity contribution in [3.63, 3.8) is 0 Å². The molecule has 1 aliphatic heterocycles. The summed E-state index contributed by atoms with van der Waals surface area (Å²) in [7, 11) is 0. The summed E-state index contributed by atoms with van der Waals surface area (Å²) < 4.78 is 3.91. The van der Waals surface area contributed by atoms with Crippen LogP contribution in [0.25, 0.3) is 11.3 Å². The molecule has 4 aromatic heterocycles. The lowest BCUT2D eigenvalue weighted by atomic mass is 9.95. The summed E-state index contributed by atoms with van der Waals surface area (Å²) in [5.74, 6) is 2.15. The van der Waals surface area contributed by atoms with Crippen molar-refractivity contribution in [1.82, 2.24) is 29.3 Å². The Morgan fingerprint density at radius 2 is 2.09 bits per heavy atom. The summed E-state index contributed by atoms with van der Waals surface area (Å²) in [6.45, 7) is 9.20. The number of hydrogen-bond acceptors (Lipinski definition) is 7. The molecule has 0 unspecified atom stereocenters. The lowest BCUT2D eigenvalue weighted by Gasteiger charge is -2.28. The average molecular weight is 449 g/mol. The summed E-state index contributed by atoms with van der Waals surface area (Å²) in [5.41, 5.74) is 5.03. The number of piperidine rings is 1. The number of nitrogens with one attached hydrogen (secondary N) is 3. The molecule has 9 nitrogen and oxygen atoms in total. The molecule has 0 amide bonds. The van der Waals surface area contributed by atoms with Crippen LogP contribution < -0.4 is 16.0 Å². The van der Waals surface area contributed by atoms with Crippen LogP contribution >= 0.6 is 0 Å². The molecule has 5 rings (SSSR count). The maximum absolute atomic E-state index is 10.3. The third-order valence-electron chi connectivity index (χ3n) is 6.36. The molecule has 0 spiro atoms. The predicted molar refractivity (Wildman–Crippen MR) is 130 cm³/mol. The number of hydrogen-bond donors (Lipinski definition) is 4. The van der Waals surface area contributed by atoms with Gasteiger partial charge in [0, 0.05) is 43.0 Å². The first-order valence-electron chi connectivity index (χ1n) is 11.7. The molecule has 1 fully saturated rings. The number of aliphatic hydroxyl groups excluding tert-OH is 1. The van der Waals surface area contributed by atoms with E-state index in [-0.39, 0.29) is 12.0 Å². The Balaban J connectivity index is 1.40. The molecule has 1 saturated heterocycles. The van der Waals surface area contributed by atoms with E-state index in [1.807, 2.05) is 29.0 Å². The molecule has 33 heavy (non-hydrogen) atoms. The van der Waals surface area contributed by atoms with E-state index in [1.165, 1.54) is 5.56 Å². The quantitative estimate of drug-likeness (QED) is 0.345. The molecule has 1 aliphatic rings. The Morgan fingerprint density at radius 1 is 1.21 bits per heavy atom. The SMILES string of the molecule is Cc1ccc2nc(CNc3cc(NC[C@H]4CCNC[C@@H]4O)nc4c(C(C)C)cnn34)cn2c1. The zero-order chi connectivity index (χ0) is 22.9. The van der Waals surface area contributed by atoms with Crippen LogP contribution in [0.15, 0.2) is 36.8 Å².